The second-order valence-corrected chi connectivity index (χ2v) is 10.5. The quantitative estimate of drug-likeness (QED) is 0.169. The maximum absolute atomic E-state index is 12.9. The zero-order valence-corrected chi connectivity index (χ0v) is 21.1. The maximum atomic E-state index is 12.9. The Labute approximate surface area is 213 Å². The van der Waals surface area contributed by atoms with Crippen LogP contribution >= 0.6 is 0 Å². The van der Waals surface area contributed by atoms with Crippen molar-refractivity contribution in [1.82, 2.24) is 14.3 Å². The molecule has 5 N–H and O–H groups in total. The number of carbonyl (C=O) groups excluding carboxylic acids is 1. The van der Waals surface area contributed by atoms with E-state index in [0.717, 1.165) is 16.8 Å². The number of hydrogen-bond acceptors (Lipinski definition) is 5. The molecule has 9 heteroatoms. The van der Waals surface area contributed by atoms with Crippen LogP contribution in [-0.4, -0.2) is 31.4 Å². The van der Waals surface area contributed by atoms with Gasteiger partial charge in [0.25, 0.3) is 5.91 Å². The molecule has 3 aromatic carbocycles. The molecule has 184 valence electrons. The summed E-state index contributed by atoms with van der Waals surface area (Å²) in [6.07, 6.45) is 3.16. The third-order valence-electron chi connectivity index (χ3n) is 5.21. The normalized spacial score (nSPS) is 12.2. The monoisotopic (exact) mass is 500 g/mol. The topological polar surface area (TPSA) is 132 Å². The number of nitrogens with two attached hydrogens (primary N) is 1. The predicted molar refractivity (Wildman–Crippen MR) is 144 cm³/mol. The van der Waals surface area contributed by atoms with Gasteiger partial charge in [0.15, 0.2) is 4.90 Å². The van der Waals surface area contributed by atoms with Crippen LogP contribution < -0.4 is 15.8 Å². The van der Waals surface area contributed by atoms with Crippen LogP contribution in [0.3, 0.4) is 0 Å². The lowest BCUT2D eigenvalue weighted by Gasteiger charge is -2.23. The summed E-state index contributed by atoms with van der Waals surface area (Å²) in [5.74, 6) is -0.377. The zero-order valence-electron chi connectivity index (χ0n) is 20.3. The number of nitrogens with one attached hydrogen (secondary N) is 3. The number of imidazole rings is 1. The van der Waals surface area contributed by atoms with Gasteiger partial charge in [0.05, 0.1) is 16.9 Å². The van der Waals surface area contributed by atoms with E-state index in [0.29, 0.717) is 16.1 Å². The summed E-state index contributed by atoms with van der Waals surface area (Å²) in [7, 11) is 0. The van der Waals surface area contributed by atoms with Gasteiger partial charge in [-0.2, -0.15) is 0 Å². The Kier molecular flexibility index (Phi) is 7.25. The van der Waals surface area contributed by atoms with Crippen molar-refractivity contribution in [3.8, 4) is 16.8 Å². The highest BCUT2D eigenvalue weighted by molar-refractivity contribution is 7.89. The highest BCUT2D eigenvalue weighted by Crippen LogP contribution is 2.29. The van der Waals surface area contributed by atoms with E-state index < -0.39 is 11.4 Å². The first-order valence-corrected chi connectivity index (χ1v) is 12.4. The van der Waals surface area contributed by atoms with Crippen molar-refractivity contribution in [3.63, 3.8) is 0 Å². The van der Waals surface area contributed by atoms with E-state index in [1.54, 1.807) is 47.4 Å². The molecule has 0 bridgehead atoms. The van der Waals surface area contributed by atoms with Crippen LogP contribution in [0.25, 0.3) is 16.8 Å². The van der Waals surface area contributed by atoms with E-state index in [4.69, 9.17) is 11.1 Å². The van der Waals surface area contributed by atoms with Gasteiger partial charge in [0.1, 0.15) is 17.9 Å². The first kappa shape index (κ1) is 25.2. The van der Waals surface area contributed by atoms with Gasteiger partial charge >= 0.3 is 0 Å². The molecule has 0 spiro atoms. The summed E-state index contributed by atoms with van der Waals surface area (Å²) in [6.45, 7) is 5.91. The third kappa shape index (κ3) is 6.01. The molecule has 36 heavy (non-hydrogen) atoms. The molecule has 0 aliphatic heterocycles. The number of hydrogen-bond donors (Lipinski definition) is 4. The highest BCUT2D eigenvalue weighted by Gasteiger charge is 2.23. The van der Waals surface area contributed by atoms with E-state index in [1.807, 2.05) is 63.2 Å². The standard InChI is InChI=1S/C27H28N6O2S/c1-27(2,3)32-36(35)24-10-5-4-9-22(24)18-11-13-20(14-12-18)31-26(34)23-16-33(17-30-23)21-8-6-7-19(15-21)25(28)29/h4-17,32H,1-3H3,(H3,28,29)(H,31,34). The van der Waals surface area contributed by atoms with Crippen LogP contribution in [0.15, 0.2) is 90.2 Å². The fourth-order valence-electron chi connectivity index (χ4n) is 3.54. The summed E-state index contributed by atoms with van der Waals surface area (Å²) in [5, 5.41) is 10.5. The molecule has 1 atom stereocenters. The minimum Gasteiger partial charge on any atom is -0.593 e. The van der Waals surface area contributed by atoms with Crippen LogP contribution in [0.4, 0.5) is 5.69 Å². The molecule has 8 nitrogen and oxygen atoms in total. The number of carbonyl (C=O) groups is 1. The molecule has 4 rings (SSSR count). The lowest BCUT2D eigenvalue weighted by atomic mass is 10.1. The van der Waals surface area contributed by atoms with Crippen molar-refractivity contribution in [1.29, 1.82) is 5.41 Å². The van der Waals surface area contributed by atoms with Crippen LogP contribution in [0, 0.1) is 5.41 Å². The smallest absolute Gasteiger partial charge is 0.275 e. The van der Waals surface area contributed by atoms with Gasteiger partial charge in [-0.25, -0.2) is 4.98 Å². The number of nitrogens with zero attached hydrogens (tertiary/aromatic N) is 2. The fraction of sp³-hybridized carbons (Fsp3) is 0.148. The largest absolute Gasteiger partial charge is 0.593 e. The van der Waals surface area contributed by atoms with Crippen molar-refractivity contribution in [2.45, 2.75) is 31.2 Å². The Morgan fingerprint density at radius 2 is 1.78 bits per heavy atom. The number of amidine groups is 1. The summed E-state index contributed by atoms with van der Waals surface area (Å²) in [6, 6.07) is 22.1. The van der Waals surface area contributed by atoms with Gasteiger partial charge in [-0.3, -0.25) is 10.2 Å². The number of amides is 1. The Morgan fingerprint density at radius 3 is 2.47 bits per heavy atom. The Morgan fingerprint density at radius 1 is 1.06 bits per heavy atom. The maximum Gasteiger partial charge on any atom is 0.275 e. The number of benzene rings is 3. The lowest BCUT2D eigenvalue weighted by Crippen LogP contribution is -2.40. The van der Waals surface area contributed by atoms with Crippen LogP contribution in [0.5, 0.6) is 0 Å². The van der Waals surface area contributed by atoms with Crippen molar-refractivity contribution < 1.29 is 9.35 Å². The number of nitrogen functional groups attached to an aromatic ring is 1. The van der Waals surface area contributed by atoms with E-state index in [2.05, 4.69) is 15.0 Å². The van der Waals surface area contributed by atoms with Crippen molar-refractivity contribution >= 4 is 28.8 Å². The zero-order chi connectivity index (χ0) is 25.9. The Bertz CT molecular complexity index is 1390. The molecule has 1 heterocycles. The first-order valence-electron chi connectivity index (χ1n) is 11.3. The van der Waals surface area contributed by atoms with Gasteiger partial charge in [-0.05, 0) is 62.7 Å². The van der Waals surface area contributed by atoms with Crippen LogP contribution in [0.1, 0.15) is 36.8 Å². The number of anilines is 1. The van der Waals surface area contributed by atoms with Gasteiger partial charge in [0.2, 0.25) is 0 Å². The molecular formula is C27H28N6O2S. The Hall–Kier alpha value is -3.92. The van der Waals surface area contributed by atoms with Crippen LogP contribution in [-0.2, 0) is 11.4 Å². The minimum absolute atomic E-state index is 0.0299. The molecule has 0 aliphatic carbocycles. The van der Waals surface area contributed by atoms with Crippen molar-refractivity contribution in [2.75, 3.05) is 5.32 Å². The predicted octanol–water partition coefficient (Wildman–Crippen LogP) is 4.49. The van der Waals surface area contributed by atoms with Crippen LogP contribution in [0.2, 0.25) is 0 Å². The van der Waals surface area contributed by atoms with E-state index >= 15 is 0 Å². The average Bonchev–Trinajstić information content (AvgIpc) is 3.34. The Balaban J connectivity index is 1.48. The molecule has 0 radical (unpaired) electrons. The van der Waals surface area contributed by atoms with Gasteiger partial charge in [-0.15, -0.1) is 4.72 Å². The molecule has 1 unspecified atom stereocenters. The fourth-order valence-corrected chi connectivity index (χ4v) is 4.80. The van der Waals surface area contributed by atoms with Crippen molar-refractivity contribution in [3.05, 3.63) is 96.6 Å². The molecule has 0 aliphatic rings. The second-order valence-electron chi connectivity index (χ2n) is 9.28. The molecule has 0 saturated heterocycles. The first-order chi connectivity index (χ1) is 17.1. The number of rotatable bonds is 7. The molecule has 0 saturated carbocycles. The van der Waals surface area contributed by atoms with E-state index in [-0.39, 0.29) is 23.0 Å². The molecule has 0 fully saturated rings. The molecular weight excluding hydrogens is 472 g/mol. The van der Waals surface area contributed by atoms with Gasteiger partial charge < -0.3 is 20.2 Å². The summed E-state index contributed by atoms with van der Waals surface area (Å²) in [5.41, 5.74) is 9.23. The van der Waals surface area contributed by atoms with E-state index in [9.17, 15) is 9.35 Å². The third-order valence-corrected chi connectivity index (χ3v) is 6.76. The molecule has 1 amide bonds. The number of aromatic nitrogens is 2. The summed E-state index contributed by atoms with van der Waals surface area (Å²) < 4.78 is 17.7. The average molecular weight is 501 g/mol. The highest BCUT2D eigenvalue weighted by atomic mass is 32.2. The lowest BCUT2D eigenvalue weighted by molar-refractivity contribution is 0.102. The van der Waals surface area contributed by atoms with Gasteiger partial charge in [-0.1, -0.05) is 36.4 Å². The second kappa shape index (κ2) is 10.4. The summed E-state index contributed by atoms with van der Waals surface area (Å²) >= 11 is -1.37. The molecule has 1 aromatic heterocycles. The van der Waals surface area contributed by atoms with E-state index in [1.165, 1.54) is 0 Å². The minimum atomic E-state index is -1.37. The SMILES string of the molecule is CC(C)(C)N[S+]([O-])c1ccccc1-c1ccc(NC(=O)c2cn(-c3cccc(C(=N)N)c3)cn2)cc1. The summed E-state index contributed by atoms with van der Waals surface area (Å²) in [4.78, 5) is 17.7. The van der Waals surface area contributed by atoms with Gasteiger partial charge in [0, 0.05) is 28.7 Å². The van der Waals surface area contributed by atoms with Crippen molar-refractivity contribution in [2.24, 2.45) is 5.73 Å². The molecule has 4 aromatic rings.